The normalized spacial score (nSPS) is 11.4. The second-order valence-electron chi connectivity index (χ2n) is 5.11. The molecule has 0 aliphatic heterocycles. The van der Waals surface area contributed by atoms with Crippen LogP contribution in [-0.4, -0.2) is 11.7 Å². The van der Waals surface area contributed by atoms with E-state index in [1.165, 1.54) is 0 Å². The van der Waals surface area contributed by atoms with E-state index in [0.29, 0.717) is 21.3 Å². The first-order valence-corrected chi connectivity index (χ1v) is 7.99. The van der Waals surface area contributed by atoms with E-state index in [9.17, 15) is 14.9 Å². The van der Waals surface area contributed by atoms with Gasteiger partial charge in [0.2, 0.25) is 5.91 Å². The van der Waals surface area contributed by atoms with Gasteiger partial charge in [-0.15, -0.1) is 0 Å². The zero-order valence-electron chi connectivity index (χ0n) is 12.6. The third kappa shape index (κ3) is 4.82. The Morgan fingerprint density at radius 1 is 1.04 bits per heavy atom. The lowest BCUT2D eigenvalue weighted by Crippen LogP contribution is -2.17. The number of nitrogens with zero attached hydrogens (tertiary/aromatic N) is 1. The van der Waals surface area contributed by atoms with E-state index < -0.39 is 5.92 Å². The van der Waals surface area contributed by atoms with Crippen LogP contribution in [0.2, 0.25) is 10.0 Å². The Morgan fingerprint density at radius 3 is 2.33 bits per heavy atom. The Kier molecular flexibility index (Phi) is 6.36. The van der Waals surface area contributed by atoms with Crippen molar-refractivity contribution in [3.8, 4) is 6.07 Å². The predicted molar refractivity (Wildman–Crippen MR) is 94.1 cm³/mol. The zero-order chi connectivity index (χ0) is 17.5. The van der Waals surface area contributed by atoms with Crippen molar-refractivity contribution in [2.45, 2.75) is 18.8 Å². The van der Waals surface area contributed by atoms with Crippen molar-refractivity contribution in [1.29, 1.82) is 5.26 Å². The molecule has 0 bridgehead atoms. The Bertz CT molecular complexity index is 782. The van der Waals surface area contributed by atoms with Crippen molar-refractivity contribution in [3.63, 3.8) is 0 Å². The summed E-state index contributed by atoms with van der Waals surface area (Å²) >= 11 is 11.8. The molecule has 0 heterocycles. The molecule has 2 aromatic carbocycles. The summed E-state index contributed by atoms with van der Waals surface area (Å²) in [4.78, 5) is 24.2. The van der Waals surface area contributed by atoms with Crippen molar-refractivity contribution < 1.29 is 9.59 Å². The summed E-state index contributed by atoms with van der Waals surface area (Å²) in [5, 5.41) is 12.9. The quantitative estimate of drug-likeness (QED) is 0.818. The molecule has 0 saturated heterocycles. The summed E-state index contributed by atoms with van der Waals surface area (Å²) in [5.74, 6) is -1.61. The molecule has 4 nitrogen and oxygen atoms in total. The van der Waals surface area contributed by atoms with Crippen LogP contribution in [0.15, 0.2) is 48.5 Å². The van der Waals surface area contributed by atoms with E-state index in [4.69, 9.17) is 23.2 Å². The Morgan fingerprint density at radius 2 is 1.71 bits per heavy atom. The van der Waals surface area contributed by atoms with Gasteiger partial charge in [-0.2, -0.15) is 5.26 Å². The number of Topliss-reactive ketones (excluding diaryl/α,β-unsaturated/α-hetero) is 1. The van der Waals surface area contributed by atoms with Gasteiger partial charge in [0.15, 0.2) is 5.78 Å². The van der Waals surface area contributed by atoms with Crippen LogP contribution in [0.25, 0.3) is 0 Å². The number of anilines is 1. The van der Waals surface area contributed by atoms with Crippen LogP contribution in [0.1, 0.15) is 24.3 Å². The molecule has 122 valence electrons. The predicted octanol–water partition coefficient (Wildman–Crippen LogP) is 4.59. The largest absolute Gasteiger partial charge is 0.326 e. The Balaban J connectivity index is 1.94. The molecule has 0 aromatic heterocycles. The molecule has 0 fully saturated rings. The summed E-state index contributed by atoms with van der Waals surface area (Å²) in [6.45, 7) is 0. The van der Waals surface area contributed by atoms with Crippen LogP contribution in [0.3, 0.4) is 0 Å². The maximum absolute atomic E-state index is 12.2. The zero-order valence-corrected chi connectivity index (χ0v) is 14.1. The van der Waals surface area contributed by atoms with E-state index >= 15 is 0 Å². The lowest BCUT2D eigenvalue weighted by molar-refractivity contribution is -0.123. The van der Waals surface area contributed by atoms with E-state index in [1.54, 1.807) is 48.5 Å². The van der Waals surface area contributed by atoms with Crippen LogP contribution in [0, 0.1) is 11.3 Å². The van der Waals surface area contributed by atoms with E-state index in [2.05, 4.69) is 5.32 Å². The number of benzene rings is 2. The van der Waals surface area contributed by atoms with Gasteiger partial charge in [0.25, 0.3) is 0 Å². The average molecular weight is 361 g/mol. The maximum atomic E-state index is 12.2. The molecule has 0 aliphatic rings. The number of halogens is 2. The number of carbonyl (C=O) groups excluding carboxylic acids is 2. The van der Waals surface area contributed by atoms with Gasteiger partial charge in [-0.25, -0.2) is 0 Å². The standard InChI is InChI=1S/C18H14Cl2N2O2/c19-12-5-7-13(8-6-12)22-18(24)10-9-17(23)15(11-21)14-3-1-2-4-16(14)20/h1-8,15H,9-10H2,(H,22,24). The highest BCUT2D eigenvalue weighted by molar-refractivity contribution is 6.31. The molecule has 1 N–H and O–H groups in total. The highest BCUT2D eigenvalue weighted by Crippen LogP contribution is 2.26. The fourth-order valence-electron chi connectivity index (χ4n) is 2.16. The first-order chi connectivity index (χ1) is 11.5. The molecule has 6 heteroatoms. The number of rotatable bonds is 6. The average Bonchev–Trinajstić information content (AvgIpc) is 2.57. The van der Waals surface area contributed by atoms with E-state index in [1.807, 2.05) is 6.07 Å². The topological polar surface area (TPSA) is 70.0 Å². The summed E-state index contributed by atoms with van der Waals surface area (Å²) in [5.41, 5.74) is 1.06. The van der Waals surface area contributed by atoms with E-state index in [0.717, 1.165) is 0 Å². The van der Waals surface area contributed by atoms with Crippen LogP contribution in [-0.2, 0) is 9.59 Å². The monoisotopic (exact) mass is 360 g/mol. The number of ketones is 1. The van der Waals surface area contributed by atoms with Crippen LogP contribution in [0.5, 0.6) is 0 Å². The summed E-state index contributed by atoms with van der Waals surface area (Å²) in [6.07, 6.45) is -0.0486. The molecule has 24 heavy (non-hydrogen) atoms. The van der Waals surface area contributed by atoms with Gasteiger partial charge in [-0.3, -0.25) is 9.59 Å². The number of hydrogen-bond acceptors (Lipinski definition) is 3. The minimum Gasteiger partial charge on any atom is -0.326 e. The third-order valence-corrected chi connectivity index (χ3v) is 3.99. The fraction of sp³-hybridized carbons (Fsp3) is 0.167. The Hall–Kier alpha value is -2.35. The molecular weight excluding hydrogens is 347 g/mol. The third-order valence-electron chi connectivity index (χ3n) is 3.39. The second kappa shape index (κ2) is 8.49. The molecule has 0 aliphatic carbocycles. The highest BCUT2D eigenvalue weighted by Gasteiger charge is 2.22. The fourth-order valence-corrected chi connectivity index (χ4v) is 2.53. The van der Waals surface area contributed by atoms with E-state index in [-0.39, 0.29) is 24.5 Å². The number of nitriles is 1. The summed E-state index contributed by atoms with van der Waals surface area (Å²) in [7, 11) is 0. The summed E-state index contributed by atoms with van der Waals surface area (Å²) < 4.78 is 0. The van der Waals surface area contributed by atoms with Crippen LogP contribution in [0.4, 0.5) is 5.69 Å². The van der Waals surface area contributed by atoms with Gasteiger partial charge in [0.1, 0.15) is 5.92 Å². The number of nitrogens with one attached hydrogen (secondary N) is 1. The van der Waals surface area contributed by atoms with Crippen molar-refractivity contribution >= 4 is 40.6 Å². The molecule has 1 atom stereocenters. The molecule has 0 radical (unpaired) electrons. The van der Waals surface area contributed by atoms with Gasteiger partial charge < -0.3 is 5.32 Å². The molecule has 2 rings (SSSR count). The number of amides is 1. The number of hydrogen-bond donors (Lipinski definition) is 1. The van der Waals surface area contributed by atoms with Gasteiger partial charge >= 0.3 is 0 Å². The lowest BCUT2D eigenvalue weighted by atomic mass is 9.93. The molecule has 0 spiro atoms. The molecular formula is C18H14Cl2N2O2. The molecule has 2 aromatic rings. The Labute approximate surface area is 150 Å². The maximum Gasteiger partial charge on any atom is 0.224 e. The second-order valence-corrected chi connectivity index (χ2v) is 5.95. The van der Waals surface area contributed by atoms with Crippen molar-refractivity contribution in [2.24, 2.45) is 0 Å². The molecule has 1 unspecified atom stereocenters. The van der Waals surface area contributed by atoms with Crippen LogP contribution < -0.4 is 5.32 Å². The molecule has 0 saturated carbocycles. The highest BCUT2D eigenvalue weighted by atomic mass is 35.5. The minimum absolute atomic E-state index is 0.00983. The van der Waals surface area contributed by atoms with Gasteiger partial charge in [-0.1, -0.05) is 41.4 Å². The van der Waals surface area contributed by atoms with Gasteiger partial charge in [0, 0.05) is 28.6 Å². The first-order valence-electron chi connectivity index (χ1n) is 7.23. The van der Waals surface area contributed by atoms with Crippen molar-refractivity contribution in [2.75, 3.05) is 5.32 Å². The van der Waals surface area contributed by atoms with Gasteiger partial charge in [0.05, 0.1) is 6.07 Å². The smallest absolute Gasteiger partial charge is 0.224 e. The minimum atomic E-state index is -0.970. The number of carbonyl (C=O) groups is 2. The van der Waals surface area contributed by atoms with Crippen LogP contribution >= 0.6 is 23.2 Å². The lowest BCUT2D eigenvalue weighted by Gasteiger charge is -2.10. The van der Waals surface area contributed by atoms with Crippen molar-refractivity contribution in [3.05, 3.63) is 64.1 Å². The SMILES string of the molecule is N#CC(C(=O)CCC(=O)Nc1ccc(Cl)cc1)c1ccccc1Cl. The van der Waals surface area contributed by atoms with Gasteiger partial charge in [-0.05, 0) is 35.9 Å². The first kappa shape index (κ1) is 18.0. The van der Waals surface area contributed by atoms with Crippen molar-refractivity contribution in [1.82, 2.24) is 0 Å². The molecule has 1 amide bonds. The summed E-state index contributed by atoms with van der Waals surface area (Å²) in [6, 6.07) is 15.3.